The van der Waals surface area contributed by atoms with Gasteiger partial charge in [-0.15, -0.1) is 0 Å². The lowest BCUT2D eigenvalue weighted by Crippen LogP contribution is -2.42. The molecule has 9 heteroatoms. The number of carbonyl (C=O) groups excluding carboxylic acids is 1. The molecule has 0 radical (unpaired) electrons. The van der Waals surface area contributed by atoms with E-state index in [1.54, 1.807) is 0 Å². The van der Waals surface area contributed by atoms with Crippen molar-refractivity contribution in [1.29, 1.82) is 0 Å². The van der Waals surface area contributed by atoms with Gasteiger partial charge >= 0.3 is 0 Å². The molecule has 3 aromatic rings. The average Bonchev–Trinajstić information content (AvgIpc) is 2.81. The van der Waals surface area contributed by atoms with Gasteiger partial charge < -0.3 is 19.7 Å². The molecule has 31 heavy (non-hydrogen) atoms. The number of nitrogens with one attached hydrogen (secondary N) is 1. The highest BCUT2D eigenvalue weighted by Gasteiger charge is 2.24. The maximum atomic E-state index is 12.3. The minimum atomic E-state index is -0.311. The number of para-hydroxylation sites is 2. The maximum absolute atomic E-state index is 12.3. The van der Waals surface area contributed by atoms with Gasteiger partial charge in [-0.2, -0.15) is 0 Å². The average molecular weight is 420 g/mol. The highest BCUT2D eigenvalue weighted by Crippen LogP contribution is 2.29. The number of nitrogens with zero attached hydrogens (tertiary/aromatic N) is 5. The summed E-state index contributed by atoms with van der Waals surface area (Å²) in [5.74, 6) is 1.76. The van der Waals surface area contributed by atoms with E-state index in [2.05, 4.69) is 30.2 Å². The molecule has 1 unspecified atom stereocenters. The van der Waals surface area contributed by atoms with Crippen LogP contribution in [0.4, 0.5) is 11.6 Å². The Morgan fingerprint density at radius 1 is 1.13 bits per heavy atom. The summed E-state index contributed by atoms with van der Waals surface area (Å²) in [7, 11) is 0. The van der Waals surface area contributed by atoms with Crippen LogP contribution in [0.5, 0.6) is 11.5 Å². The SMILES string of the molecule is CCOc1ccccc1OC1CCCN(c2ncc(C(=O)Nc3cncnc3)cn2)C1. The van der Waals surface area contributed by atoms with Crippen LogP contribution in [0.2, 0.25) is 0 Å². The van der Waals surface area contributed by atoms with Crippen LogP contribution in [-0.2, 0) is 0 Å². The molecule has 2 aromatic heterocycles. The third kappa shape index (κ3) is 5.25. The number of anilines is 2. The first-order valence-electron chi connectivity index (χ1n) is 10.2. The van der Waals surface area contributed by atoms with Crippen molar-refractivity contribution in [2.75, 3.05) is 29.9 Å². The van der Waals surface area contributed by atoms with E-state index in [1.165, 1.54) is 31.1 Å². The summed E-state index contributed by atoms with van der Waals surface area (Å²) in [4.78, 5) is 31.0. The van der Waals surface area contributed by atoms with E-state index in [1.807, 2.05) is 31.2 Å². The fraction of sp³-hybridized carbons (Fsp3) is 0.318. The minimum Gasteiger partial charge on any atom is -0.490 e. The summed E-state index contributed by atoms with van der Waals surface area (Å²) in [5, 5.41) is 2.72. The number of aromatic nitrogens is 4. The molecular weight excluding hydrogens is 396 g/mol. The summed E-state index contributed by atoms with van der Waals surface area (Å²) in [6, 6.07) is 7.70. The van der Waals surface area contributed by atoms with Crippen LogP contribution in [0.15, 0.2) is 55.4 Å². The van der Waals surface area contributed by atoms with Gasteiger partial charge in [0.2, 0.25) is 5.95 Å². The molecule has 1 N–H and O–H groups in total. The van der Waals surface area contributed by atoms with Gasteiger partial charge in [-0.1, -0.05) is 12.1 Å². The summed E-state index contributed by atoms with van der Waals surface area (Å²) in [6.07, 6.45) is 9.40. The third-order valence-electron chi connectivity index (χ3n) is 4.82. The van der Waals surface area contributed by atoms with E-state index in [9.17, 15) is 4.79 Å². The standard InChI is InChI=1S/C22H24N6O3/c1-2-30-19-7-3-4-8-20(19)31-18-6-5-9-28(14-18)22-25-10-16(11-26-22)21(29)27-17-12-23-15-24-13-17/h3-4,7-8,10-13,15,18H,2,5-6,9,14H2,1H3,(H,27,29). The van der Waals surface area contributed by atoms with Crippen LogP contribution in [-0.4, -0.2) is 51.6 Å². The van der Waals surface area contributed by atoms with Crippen LogP contribution in [0, 0.1) is 0 Å². The van der Waals surface area contributed by atoms with Crippen molar-refractivity contribution in [2.24, 2.45) is 0 Å². The zero-order valence-corrected chi connectivity index (χ0v) is 17.3. The summed E-state index contributed by atoms with van der Waals surface area (Å²) in [5.41, 5.74) is 0.878. The van der Waals surface area contributed by atoms with Gasteiger partial charge in [0.15, 0.2) is 11.5 Å². The Labute approximate surface area is 180 Å². The molecule has 0 saturated carbocycles. The molecule has 0 spiro atoms. The first-order valence-corrected chi connectivity index (χ1v) is 10.2. The Hall–Kier alpha value is -3.75. The van der Waals surface area contributed by atoms with Gasteiger partial charge in [0.25, 0.3) is 5.91 Å². The van der Waals surface area contributed by atoms with Crippen LogP contribution < -0.4 is 19.7 Å². The van der Waals surface area contributed by atoms with Crippen molar-refractivity contribution in [2.45, 2.75) is 25.9 Å². The van der Waals surface area contributed by atoms with Crippen molar-refractivity contribution < 1.29 is 14.3 Å². The Morgan fingerprint density at radius 2 is 1.87 bits per heavy atom. The van der Waals surface area contributed by atoms with Crippen LogP contribution >= 0.6 is 0 Å². The third-order valence-corrected chi connectivity index (χ3v) is 4.82. The molecule has 1 atom stereocenters. The lowest BCUT2D eigenvalue weighted by Gasteiger charge is -2.33. The molecule has 1 amide bonds. The van der Waals surface area contributed by atoms with E-state index in [4.69, 9.17) is 9.47 Å². The molecule has 1 saturated heterocycles. The quantitative estimate of drug-likeness (QED) is 0.622. The molecule has 9 nitrogen and oxygen atoms in total. The van der Waals surface area contributed by atoms with Crippen molar-refractivity contribution >= 4 is 17.5 Å². The van der Waals surface area contributed by atoms with E-state index < -0.39 is 0 Å². The number of ether oxygens (including phenoxy) is 2. The summed E-state index contributed by atoms with van der Waals surface area (Å²) >= 11 is 0. The van der Waals surface area contributed by atoms with Gasteiger partial charge in [-0.25, -0.2) is 19.9 Å². The highest BCUT2D eigenvalue weighted by atomic mass is 16.5. The molecule has 0 aliphatic carbocycles. The molecule has 1 aromatic carbocycles. The summed E-state index contributed by atoms with van der Waals surface area (Å²) < 4.78 is 11.9. The maximum Gasteiger partial charge on any atom is 0.258 e. The number of carbonyl (C=O) groups is 1. The molecular formula is C22H24N6O3. The number of amides is 1. The Bertz CT molecular complexity index is 1000. The van der Waals surface area contributed by atoms with Crippen molar-refractivity contribution in [3.8, 4) is 11.5 Å². The van der Waals surface area contributed by atoms with Gasteiger partial charge in [-0.05, 0) is 31.9 Å². The lowest BCUT2D eigenvalue weighted by atomic mass is 10.1. The first kappa shape index (κ1) is 20.5. The highest BCUT2D eigenvalue weighted by molar-refractivity contribution is 6.03. The van der Waals surface area contributed by atoms with Crippen molar-refractivity contribution in [1.82, 2.24) is 19.9 Å². The van der Waals surface area contributed by atoms with Gasteiger partial charge in [0.05, 0.1) is 36.8 Å². The molecule has 160 valence electrons. The second-order valence-electron chi connectivity index (χ2n) is 7.06. The number of hydrogen-bond donors (Lipinski definition) is 1. The first-order chi connectivity index (χ1) is 15.2. The zero-order chi connectivity index (χ0) is 21.5. The zero-order valence-electron chi connectivity index (χ0n) is 17.3. The smallest absolute Gasteiger partial charge is 0.258 e. The van der Waals surface area contributed by atoms with Crippen LogP contribution in [0.25, 0.3) is 0 Å². The molecule has 1 aliphatic heterocycles. The van der Waals surface area contributed by atoms with E-state index >= 15 is 0 Å². The van der Waals surface area contributed by atoms with Crippen LogP contribution in [0.1, 0.15) is 30.1 Å². The predicted octanol–water partition coefficient (Wildman–Crippen LogP) is 2.97. The van der Waals surface area contributed by atoms with E-state index in [-0.39, 0.29) is 12.0 Å². The summed E-state index contributed by atoms with van der Waals surface area (Å²) in [6.45, 7) is 4.03. The van der Waals surface area contributed by atoms with Gasteiger partial charge in [0, 0.05) is 18.9 Å². The number of piperidine rings is 1. The molecule has 1 fully saturated rings. The largest absolute Gasteiger partial charge is 0.490 e. The molecule has 1 aliphatic rings. The Kier molecular flexibility index (Phi) is 6.51. The lowest BCUT2D eigenvalue weighted by molar-refractivity contribution is 0.102. The van der Waals surface area contributed by atoms with Crippen molar-refractivity contribution in [3.63, 3.8) is 0 Å². The van der Waals surface area contributed by atoms with Gasteiger partial charge in [0.1, 0.15) is 12.4 Å². The molecule has 3 heterocycles. The number of benzene rings is 1. The second-order valence-corrected chi connectivity index (χ2v) is 7.06. The fourth-order valence-electron chi connectivity index (χ4n) is 3.39. The normalized spacial score (nSPS) is 15.9. The number of rotatable bonds is 7. The van der Waals surface area contributed by atoms with Crippen molar-refractivity contribution in [3.05, 3.63) is 60.9 Å². The predicted molar refractivity (Wildman–Crippen MR) is 115 cm³/mol. The fourth-order valence-corrected chi connectivity index (χ4v) is 3.39. The van der Waals surface area contributed by atoms with E-state index in [0.29, 0.717) is 30.4 Å². The van der Waals surface area contributed by atoms with E-state index in [0.717, 1.165) is 30.9 Å². The minimum absolute atomic E-state index is 0.0000110. The number of hydrogen-bond acceptors (Lipinski definition) is 8. The monoisotopic (exact) mass is 420 g/mol. The van der Waals surface area contributed by atoms with Crippen LogP contribution in [0.3, 0.4) is 0 Å². The Balaban J connectivity index is 1.39. The topological polar surface area (TPSA) is 102 Å². The van der Waals surface area contributed by atoms with Gasteiger partial charge in [-0.3, -0.25) is 4.79 Å². The Morgan fingerprint density at radius 3 is 2.61 bits per heavy atom. The molecule has 4 rings (SSSR count). The second kappa shape index (κ2) is 9.84. The molecule has 0 bridgehead atoms.